The summed E-state index contributed by atoms with van der Waals surface area (Å²) in [6.45, 7) is 44.0. The first-order chi connectivity index (χ1) is 37.9. The van der Waals surface area contributed by atoms with Gasteiger partial charge in [-0.15, -0.1) is 0 Å². The smallest absolute Gasteiger partial charge is 0.248 e. The maximum Gasteiger partial charge on any atom is 0.248 e. The summed E-state index contributed by atoms with van der Waals surface area (Å²) in [5, 5.41) is 8.46. The molecule has 4 aliphatic heterocycles. The molecule has 81 heavy (non-hydrogen) atoms. The van der Waals surface area contributed by atoms with Crippen LogP contribution in [0.2, 0.25) is 0 Å². The van der Waals surface area contributed by atoms with Gasteiger partial charge in [-0.25, -0.2) is 0 Å². The van der Waals surface area contributed by atoms with Crippen LogP contribution in [0.3, 0.4) is 0 Å². The Morgan fingerprint density at radius 1 is 0.321 bits per heavy atom. The van der Waals surface area contributed by atoms with Crippen LogP contribution in [0.1, 0.15) is 169 Å². The van der Waals surface area contributed by atoms with Crippen molar-refractivity contribution < 1.29 is 0 Å². The summed E-state index contributed by atoms with van der Waals surface area (Å²) in [4.78, 5) is 2.47. The summed E-state index contributed by atoms with van der Waals surface area (Å²) in [7, 11) is 2.29. The second-order valence-electron chi connectivity index (χ2n) is 31.3. The van der Waals surface area contributed by atoms with Gasteiger partial charge in [-0.2, -0.15) is 0 Å². The summed E-state index contributed by atoms with van der Waals surface area (Å²) in [6, 6.07) is 54.6. The molecule has 404 valence electrons. The molecule has 4 aliphatic rings. The fourth-order valence-corrected chi connectivity index (χ4v) is 15.7. The van der Waals surface area contributed by atoms with Gasteiger partial charge in [0.05, 0.1) is 0 Å². The molecule has 0 aromatic heterocycles. The lowest BCUT2D eigenvalue weighted by atomic mass is 9.30. The van der Waals surface area contributed by atoms with E-state index in [0.29, 0.717) is 0 Å². The highest BCUT2D eigenvalue weighted by Gasteiger charge is 2.45. The van der Waals surface area contributed by atoms with Gasteiger partial charge in [0.1, 0.15) is 0 Å². The van der Waals surface area contributed by atoms with Crippen molar-refractivity contribution in [3.63, 3.8) is 0 Å². The van der Waals surface area contributed by atoms with E-state index >= 15 is 0 Å². The van der Waals surface area contributed by atoms with Crippen LogP contribution in [0, 0.1) is 0 Å². The third-order valence-electron chi connectivity index (χ3n) is 19.7. The Morgan fingerprint density at radius 3 is 1.19 bits per heavy atom. The minimum atomic E-state index is -0.164. The second kappa shape index (κ2) is 16.7. The Kier molecular flexibility index (Phi) is 10.8. The molecule has 0 unspecified atom stereocenters. The molecule has 0 saturated heterocycles. The molecule has 0 bridgehead atoms. The van der Waals surface area contributed by atoms with Crippen LogP contribution in [0.15, 0.2) is 133 Å². The number of benzene rings is 10. The highest BCUT2D eigenvalue weighted by molar-refractivity contribution is 7.02. The van der Waals surface area contributed by atoms with Gasteiger partial charge in [0.2, 0.25) is 13.4 Å². The lowest BCUT2D eigenvalue weighted by Gasteiger charge is -2.41. The average molecular weight is 1050 g/mol. The van der Waals surface area contributed by atoms with E-state index in [1.165, 1.54) is 165 Å². The van der Waals surface area contributed by atoms with Crippen molar-refractivity contribution in [2.45, 2.75) is 164 Å². The van der Waals surface area contributed by atoms with E-state index in [0.717, 1.165) is 6.42 Å². The summed E-state index contributed by atoms with van der Waals surface area (Å²) >= 11 is 0. The molecule has 4 heterocycles. The van der Waals surface area contributed by atoms with Crippen molar-refractivity contribution >= 4 is 89.9 Å². The quantitative estimate of drug-likeness (QED) is 0.123. The fourth-order valence-electron chi connectivity index (χ4n) is 15.7. The first-order valence-corrected chi connectivity index (χ1v) is 30.3. The van der Waals surface area contributed by atoms with E-state index in [2.05, 4.69) is 270 Å². The Bertz CT molecular complexity index is 4310. The Hall–Kier alpha value is -6.83. The zero-order chi connectivity index (χ0) is 57.3. The van der Waals surface area contributed by atoms with Crippen LogP contribution in [-0.4, -0.2) is 20.5 Å². The number of para-hydroxylation sites is 1. The fraction of sp³-hybridized carbons (Fsp3) is 0.333. The number of nitrogens with zero attached hydrogens (tertiary/aromatic N) is 1. The van der Waals surface area contributed by atoms with Gasteiger partial charge < -0.3 is 4.90 Å². The van der Waals surface area contributed by atoms with Crippen LogP contribution in [0.4, 0.5) is 11.4 Å². The largest absolute Gasteiger partial charge is 0.345 e. The van der Waals surface area contributed by atoms with Crippen molar-refractivity contribution in [2.75, 3.05) is 11.9 Å². The molecule has 3 heteroatoms. The zero-order valence-electron chi connectivity index (χ0n) is 52.0. The van der Waals surface area contributed by atoms with E-state index in [-0.39, 0.29) is 45.9 Å². The van der Waals surface area contributed by atoms with E-state index in [9.17, 15) is 0 Å². The predicted octanol–water partition coefficient (Wildman–Crippen LogP) is 16.7. The maximum absolute atomic E-state index is 2.76. The number of fused-ring (bicyclic) bond motifs is 8. The molecule has 0 spiro atoms. The lowest BCUT2D eigenvalue weighted by Crippen LogP contribution is -2.60. The normalized spacial score (nSPS) is 14.7. The SMILES string of the molecule is CN1c2ccccc2B2c3c(cccc31)-c1cc(-c3c(C(C)(C)C)cc(C(C)(C)C)cc3C(C)(C)C)c3cc4c5c(cc(-c6c(C(C)(C)C)cc(C(C)(C)C)cc6C(C)(C)C)c6cc2c1c3c65)-c1cccc2c1B4c1ccccc1C2. The second-order valence-corrected chi connectivity index (χ2v) is 31.3. The number of hydrogen-bond donors (Lipinski definition) is 0. The zero-order valence-corrected chi connectivity index (χ0v) is 52.0. The number of hydrogen-bond acceptors (Lipinski definition) is 1. The van der Waals surface area contributed by atoms with Gasteiger partial charge in [0.15, 0.2) is 0 Å². The van der Waals surface area contributed by atoms with Crippen molar-refractivity contribution in [3.05, 3.63) is 178 Å². The minimum absolute atomic E-state index is 0.0377. The van der Waals surface area contributed by atoms with Crippen LogP contribution in [0.5, 0.6) is 0 Å². The molecule has 0 saturated carbocycles. The molecule has 10 aromatic rings. The standard InChI is InChI=1S/C78H81B2N/c1-73(2,3)45-35-55(75(7,8)9)65(56(36-45)76(10,11)12)51-39-49-47-28-24-27-44-34-43-26-20-21-30-59(43)79(71(44)47)61-41-53-52(66-57(77(13,14)15)37-46(74(4,5)6)38-58(66)78(16,17)18)40-50-48-29-25-33-64-72(48)80(60-31-22-23-32-63(60)81(64)19)62-42-54(51)69(67(49)61)70(53)68(50)62/h20-33,35-42H,34H2,1-19H3. The van der Waals surface area contributed by atoms with E-state index in [1.54, 1.807) is 0 Å². The Morgan fingerprint density at radius 2 is 0.716 bits per heavy atom. The molecule has 0 fully saturated rings. The summed E-state index contributed by atoms with van der Waals surface area (Å²) in [5.41, 5.74) is 32.9. The van der Waals surface area contributed by atoms with Crippen molar-refractivity contribution in [1.82, 2.24) is 0 Å². The molecule has 10 aromatic carbocycles. The topological polar surface area (TPSA) is 3.24 Å². The molecule has 0 aliphatic carbocycles. The van der Waals surface area contributed by atoms with E-state index < -0.39 is 0 Å². The maximum atomic E-state index is 2.76. The molecular formula is C78H81B2N. The molecule has 0 radical (unpaired) electrons. The van der Waals surface area contributed by atoms with E-state index in [4.69, 9.17) is 0 Å². The highest BCUT2D eigenvalue weighted by Crippen LogP contribution is 2.55. The van der Waals surface area contributed by atoms with Crippen molar-refractivity contribution in [2.24, 2.45) is 0 Å². The van der Waals surface area contributed by atoms with Crippen LogP contribution in [0.25, 0.3) is 76.8 Å². The van der Waals surface area contributed by atoms with Crippen molar-refractivity contribution in [1.29, 1.82) is 0 Å². The minimum Gasteiger partial charge on any atom is -0.345 e. The predicted molar refractivity (Wildman–Crippen MR) is 357 cm³/mol. The molecule has 0 atom stereocenters. The van der Waals surface area contributed by atoms with Crippen LogP contribution < -0.4 is 37.7 Å². The monoisotopic (exact) mass is 1050 g/mol. The molecule has 1 nitrogen and oxygen atoms in total. The number of rotatable bonds is 2. The summed E-state index contributed by atoms with van der Waals surface area (Å²) < 4.78 is 0. The average Bonchev–Trinajstić information content (AvgIpc) is 3.43. The first-order valence-electron chi connectivity index (χ1n) is 30.3. The molecule has 14 rings (SSSR count). The van der Waals surface area contributed by atoms with Crippen LogP contribution >= 0.6 is 0 Å². The lowest BCUT2D eigenvalue weighted by molar-refractivity contribution is 0.550. The van der Waals surface area contributed by atoms with Gasteiger partial charge >= 0.3 is 0 Å². The third kappa shape index (κ3) is 7.44. The molecular weight excluding hydrogens is 972 g/mol. The van der Waals surface area contributed by atoms with E-state index in [1.807, 2.05) is 0 Å². The van der Waals surface area contributed by atoms with Gasteiger partial charge in [0.25, 0.3) is 0 Å². The first kappa shape index (κ1) is 52.3. The molecule has 0 amide bonds. The van der Waals surface area contributed by atoms with Crippen molar-refractivity contribution in [3.8, 4) is 44.5 Å². The molecule has 0 N–H and O–H groups in total. The van der Waals surface area contributed by atoms with Gasteiger partial charge in [-0.1, -0.05) is 256 Å². The van der Waals surface area contributed by atoms with Gasteiger partial charge in [-0.3, -0.25) is 0 Å². The Balaban J connectivity index is 1.30. The highest BCUT2D eigenvalue weighted by atomic mass is 15.1. The third-order valence-corrected chi connectivity index (χ3v) is 19.7. The Labute approximate surface area is 485 Å². The summed E-state index contributed by atoms with van der Waals surface area (Å²) in [5.74, 6) is 0. The van der Waals surface area contributed by atoms with Gasteiger partial charge in [0, 0.05) is 18.4 Å². The van der Waals surface area contributed by atoms with Gasteiger partial charge in [-0.05, 0) is 195 Å². The number of anilines is 2. The summed E-state index contributed by atoms with van der Waals surface area (Å²) in [6.07, 6.45) is 0.942. The van der Waals surface area contributed by atoms with Crippen LogP contribution in [-0.2, 0) is 38.9 Å².